The van der Waals surface area contributed by atoms with E-state index in [1.165, 1.54) is 0 Å². The van der Waals surface area contributed by atoms with Crippen molar-refractivity contribution in [3.05, 3.63) is 29.3 Å². The Morgan fingerprint density at radius 1 is 1.48 bits per heavy atom. The van der Waals surface area contributed by atoms with E-state index in [-0.39, 0.29) is 18.6 Å². The number of hydrogen-bond donors (Lipinski definition) is 2. The van der Waals surface area contributed by atoms with Crippen LogP contribution >= 0.6 is 0 Å². The van der Waals surface area contributed by atoms with Crippen molar-refractivity contribution >= 4 is 5.91 Å². The molecule has 2 N–H and O–H groups in total. The molecular weight excluding hydrogens is 266 g/mol. The first-order chi connectivity index (χ1) is 10.1. The van der Waals surface area contributed by atoms with Gasteiger partial charge in [0.25, 0.3) is 5.91 Å². The monoisotopic (exact) mass is 289 g/mol. The predicted molar refractivity (Wildman–Crippen MR) is 82.0 cm³/mol. The van der Waals surface area contributed by atoms with E-state index >= 15 is 0 Å². The average Bonchev–Trinajstić information content (AvgIpc) is 2.46. The van der Waals surface area contributed by atoms with Crippen molar-refractivity contribution in [3.8, 4) is 11.8 Å². The van der Waals surface area contributed by atoms with Crippen LogP contribution in [0, 0.1) is 18.3 Å². The van der Waals surface area contributed by atoms with E-state index in [1.807, 2.05) is 25.1 Å². The number of nitrogens with one attached hydrogen (secondary N) is 2. The van der Waals surface area contributed by atoms with Gasteiger partial charge in [-0.05, 0) is 26.5 Å². The Balaban J connectivity index is 2.66. The van der Waals surface area contributed by atoms with Gasteiger partial charge >= 0.3 is 0 Å². The lowest BCUT2D eigenvalue weighted by Gasteiger charge is -2.18. The first-order valence-electron chi connectivity index (χ1n) is 7.18. The molecule has 0 heterocycles. The third-order valence-electron chi connectivity index (χ3n) is 3.06. The smallest absolute Gasteiger partial charge is 0.257 e. The first kappa shape index (κ1) is 17.0. The number of aryl methyl sites for hydroxylation is 1. The number of carbonyl (C=O) groups excluding carboxylic acids is 1. The van der Waals surface area contributed by atoms with E-state index in [2.05, 4.69) is 30.5 Å². The van der Waals surface area contributed by atoms with Crippen LogP contribution in [0.25, 0.3) is 0 Å². The fourth-order valence-electron chi connectivity index (χ4n) is 2.01. The summed E-state index contributed by atoms with van der Waals surface area (Å²) in [6.45, 7) is 7.32. The molecule has 5 nitrogen and oxygen atoms in total. The molecule has 21 heavy (non-hydrogen) atoms. The second-order valence-electron chi connectivity index (χ2n) is 4.87. The molecule has 1 amide bonds. The lowest BCUT2D eigenvalue weighted by atomic mass is 10.0. The molecule has 0 saturated heterocycles. The number of hydrogen-bond acceptors (Lipinski definition) is 4. The molecule has 0 radical (unpaired) electrons. The highest BCUT2D eigenvalue weighted by Crippen LogP contribution is 2.26. The molecule has 0 aliphatic heterocycles. The lowest BCUT2D eigenvalue weighted by Crippen LogP contribution is -2.30. The normalized spacial score (nSPS) is 11.5. The van der Waals surface area contributed by atoms with E-state index in [0.717, 1.165) is 17.7 Å². The minimum atomic E-state index is -0.215. The maximum Gasteiger partial charge on any atom is 0.257 e. The first-order valence-corrected chi connectivity index (χ1v) is 7.18. The predicted octanol–water partition coefficient (Wildman–Crippen LogP) is 2.07. The molecule has 0 saturated carbocycles. The van der Waals surface area contributed by atoms with Crippen molar-refractivity contribution < 1.29 is 9.53 Å². The molecule has 1 unspecified atom stereocenters. The summed E-state index contributed by atoms with van der Waals surface area (Å²) in [6.07, 6.45) is 0.305. The van der Waals surface area contributed by atoms with Crippen LogP contribution in [-0.2, 0) is 4.79 Å². The highest BCUT2D eigenvalue weighted by molar-refractivity contribution is 5.77. The number of amides is 1. The Hall–Kier alpha value is -2.06. The Kier molecular flexibility index (Phi) is 7.27. The molecule has 0 spiro atoms. The summed E-state index contributed by atoms with van der Waals surface area (Å²) >= 11 is 0. The summed E-state index contributed by atoms with van der Waals surface area (Å²) < 4.78 is 5.62. The SMILES string of the molecule is CCNC(C)c1cc(C)ccc1OCC(=O)NCCC#N. The van der Waals surface area contributed by atoms with E-state index in [4.69, 9.17) is 10.00 Å². The standard InChI is InChI=1S/C16H23N3O2/c1-4-18-13(3)14-10-12(2)6-7-15(14)21-11-16(20)19-9-5-8-17/h6-7,10,13,18H,4-5,9,11H2,1-3H3,(H,19,20). The Morgan fingerprint density at radius 2 is 2.24 bits per heavy atom. The van der Waals surface area contributed by atoms with Crippen LogP contribution in [0.15, 0.2) is 18.2 Å². The fourth-order valence-corrected chi connectivity index (χ4v) is 2.01. The maximum atomic E-state index is 11.6. The van der Waals surface area contributed by atoms with Gasteiger partial charge in [-0.25, -0.2) is 0 Å². The molecule has 5 heteroatoms. The molecular formula is C16H23N3O2. The Bertz CT molecular complexity index is 509. The van der Waals surface area contributed by atoms with Crippen LogP contribution in [-0.4, -0.2) is 25.6 Å². The zero-order valence-corrected chi connectivity index (χ0v) is 12.9. The van der Waals surface area contributed by atoms with Gasteiger partial charge in [-0.2, -0.15) is 5.26 Å². The van der Waals surface area contributed by atoms with Crippen molar-refractivity contribution in [2.45, 2.75) is 33.2 Å². The van der Waals surface area contributed by atoms with E-state index in [1.54, 1.807) is 0 Å². The number of ether oxygens (including phenoxy) is 1. The van der Waals surface area contributed by atoms with Crippen molar-refractivity contribution in [1.29, 1.82) is 5.26 Å². The Morgan fingerprint density at radius 3 is 2.90 bits per heavy atom. The van der Waals surface area contributed by atoms with Crippen LogP contribution in [0.3, 0.4) is 0 Å². The van der Waals surface area contributed by atoms with Gasteiger partial charge < -0.3 is 15.4 Å². The third-order valence-corrected chi connectivity index (χ3v) is 3.06. The Labute approximate surface area is 126 Å². The number of carbonyl (C=O) groups is 1. The minimum absolute atomic E-state index is 0.0413. The maximum absolute atomic E-state index is 11.6. The highest BCUT2D eigenvalue weighted by atomic mass is 16.5. The van der Waals surface area contributed by atoms with Crippen molar-refractivity contribution in [1.82, 2.24) is 10.6 Å². The van der Waals surface area contributed by atoms with Gasteiger partial charge in [0.05, 0.1) is 12.5 Å². The van der Waals surface area contributed by atoms with Crippen LogP contribution in [0.5, 0.6) is 5.75 Å². The summed E-state index contributed by atoms with van der Waals surface area (Å²) in [4.78, 5) is 11.6. The summed E-state index contributed by atoms with van der Waals surface area (Å²) in [6, 6.07) is 8.06. The van der Waals surface area contributed by atoms with E-state index < -0.39 is 0 Å². The molecule has 1 aromatic carbocycles. The number of nitriles is 1. The van der Waals surface area contributed by atoms with E-state index in [9.17, 15) is 4.79 Å². The van der Waals surface area contributed by atoms with Gasteiger partial charge in [0.2, 0.25) is 0 Å². The van der Waals surface area contributed by atoms with Crippen molar-refractivity contribution in [2.75, 3.05) is 19.7 Å². The van der Waals surface area contributed by atoms with E-state index in [0.29, 0.717) is 18.7 Å². The van der Waals surface area contributed by atoms with Crippen LogP contribution in [0.2, 0.25) is 0 Å². The zero-order valence-electron chi connectivity index (χ0n) is 12.9. The van der Waals surface area contributed by atoms with Crippen LogP contribution < -0.4 is 15.4 Å². The third kappa shape index (κ3) is 5.84. The molecule has 0 bridgehead atoms. The van der Waals surface area contributed by atoms with Gasteiger partial charge in [0.1, 0.15) is 5.75 Å². The van der Waals surface area contributed by atoms with Gasteiger partial charge in [0, 0.05) is 18.2 Å². The van der Waals surface area contributed by atoms with Gasteiger partial charge in [-0.1, -0.05) is 24.6 Å². The summed E-state index contributed by atoms with van der Waals surface area (Å²) in [5.41, 5.74) is 2.20. The van der Waals surface area contributed by atoms with Gasteiger partial charge in [-0.3, -0.25) is 4.79 Å². The quantitative estimate of drug-likeness (QED) is 0.719. The molecule has 0 aliphatic carbocycles. The summed E-state index contributed by atoms with van der Waals surface area (Å²) in [5, 5.41) is 14.4. The average molecular weight is 289 g/mol. The minimum Gasteiger partial charge on any atom is -0.483 e. The number of rotatable bonds is 8. The van der Waals surface area contributed by atoms with Crippen molar-refractivity contribution in [2.24, 2.45) is 0 Å². The second-order valence-corrected chi connectivity index (χ2v) is 4.87. The topological polar surface area (TPSA) is 74.2 Å². The molecule has 1 atom stereocenters. The molecule has 114 valence electrons. The van der Waals surface area contributed by atoms with Crippen molar-refractivity contribution in [3.63, 3.8) is 0 Å². The second kappa shape index (κ2) is 8.98. The molecule has 1 rings (SSSR count). The molecule has 0 aromatic heterocycles. The fraction of sp³-hybridized carbons (Fsp3) is 0.500. The summed E-state index contributed by atoms with van der Waals surface area (Å²) in [5.74, 6) is 0.498. The van der Waals surface area contributed by atoms with Crippen LogP contribution in [0.1, 0.15) is 37.4 Å². The largest absolute Gasteiger partial charge is 0.483 e. The molecule has 0 aliphatic rings. The number of benzene rings is 1. The zero-order chi connectivity index (χ0) is 15.7. The van der Waals surface area contributed by atoms with Crippen LogP contribution in [0.4, 0.5) is 0 Å². The molecule has 1 aromatic rings. The highest BCUT2D eigenvalue weighted by Gasteiger charge is 2.12. The van der Waals surface area contributed by atoms with Gasteiger partial charge in [0.15, 0.2) is 6.61 Å². The number of nitrogens with zero attached hydrogens (tertiary/aromatic N) is 1. The van der Waals surface area contributed by atoms with Gasteiger partial charge in [-0.15, -0.1) is 0 Å². The summed E-state index contributed by atoms with van der Waals surface area (Å²) in [7, 11) is 0. The lowest BCUT2D eigenvalue weighted by molar-refractivity contribution is -0.123. The molecule has 0 fully saturated rings.